The molecule has 0 aliphatic heterocycles. The van der Waals surface area contributed by atoms with Crippen LogP contribution in [0.4, 0.5) is 0 Å². The zero-order valence-electron chi connectivity index (χ0n) is 9.61. The Balaban J connectivity index is 2.17. The minimum absolute atomic E-state index is 0.418. The monoisotopic (exact) mass is 330 g/mol. The number of aromatic nitrogens is 1. The predicted octanol–water partition coefficient (Wildman–Crippen LogP) is 4.79. The zero-order valence-corrected chi connectivity index (χ0v) is 12.0. The van der Waals surface area contributed by atoms with E-state index in [2.05, 4.69) is 20.9 Å². The Bertz CT molecular complexity index is 873. The topological polar surface area (TPSA) is 52.7 Å². The molecule has 0 radical (unpaired) electrons. The van der Waals surface area contributed by atoms with Crippen LogP contribution in [0.5, 0.6) is 0 Å². The van der Waals surface area contributed by atoms with E-state index in [9.17, 15) is 0 Å². The van der Waals surface area contributed by atoms with Gasteiger partial charge in [0.25, 0.3) is 0 Å². The van der Waals surface area contributed by atoms with Gasteiger partial charge < -0.3 is 9.40 Å². The first-order valence-corrected chi connectivity index (χ1v) is 6.70. The fourth-order valence-electron chi connectivity index (χ4n) is 1.85. The maximum Gasteiger partial charge on any atom is 0.151 e. The van der Waals surface area contributed by atoms with E-state index < -0.39 is 0 Å². The smallest absolute Gasteiger partial charge is 0.151 e. The molecular formula is C14H7BrN2OS. The van der Waals surface area contributed by atoms with Crippen LogP contribution in [0, 0.1) is 16.0 Å². The highest BCUT2D eigenvalue weighted by Crippen LogP contribution is 2.28. The van der Waals surface area contributed by atoms with Gasteiger partial charge in [-0.05, 0) is 36.4 Å². The number of halogens is 1. The molecule has 0 saturated carbocycles. The number of hydrogen-bond donors (Lipinski definition) is 1. The minimum atomic E-state index is 0.418. The number of fused-ring (bicyclic) bond motifs is 1. The van der Waals surface area contributed by atoms with E-state index in [1.807, 2.05) is 30.3 Å². The Morgan fingerprint density at radius 2 is 2.05 bits per heavy atom. The van der Waals surface area contributed by atoms with Gasteiger partial charge in [-0.2, -0.15) is 5.26 Å². The Morgan fingerprint density at radius 3 is 2.79 bits per heavy atom. The van der Waals surface area contributed by atoms with Crippen LogP contribution in [-0.2, 0) is 0 Å². The number of rotatable bonds is 1. The molecular weight excluding hydrogens is 324 g/mol. The van der Waals surface area contributed by atoms with Crippen molar-refractivity contribution < 1.29 is 4.42 Å². The van der Waals surface area contributed by atoms with Crippen molar-refractivity contribution >= 4 is 39.1 Å². The van der Waals surface area contributed by atoms with Gasteiger partial charge in [0.1, 0.15) is 16.3 Å². The molecule has 2 heterocycles. The third kappa shape index (κ3) is 2.21. The van der Waals surface area contributed by atoms with Gasteiger partial charge >= 0.3 is 0 Å². The summed E-state index contributed by atoms with van der Waals surface area (Å²) in [5.41, 5.74) is 2.02. The second kappa shape index (κ2) is 4.65. The molecule has 5 heteroatoms. The van der Waals surface area contributed by atoms with Crippen molar-refractivity contribution in [2.24, 2.45) is 0 Å². The van der Waals surface area contributed by atoms with Crippen LogP contribution >= 0.6 is 28.1 Å². The van der Waals surface area contributed by atoms with Crippen molar-refractivity contribution in [3.05, 3.63) is 51.1 Å². The summed E-state index contributed by atoms with van der Waals surface area (Å²) in [5, 5.41) is 9.87. The largest absolute Gasteiger partial charge is 0.455 e. The first-order valence-electron chi connectivity index (χ1n) is 5.50. The van der Waals surface area contributed by atoms with Gasteiger partial charge in [0.05, 0.1) is 11.3 Å². The molecule has 3 nitrogen and oxygen atoms in total. The molecule has 2 aromatic heterocycles. The van der Waals surface area contributed by atoms with Crippen LogP contribution in [0.1, 0.15) is 5.56 Å². The molecule has 3 rings (SSSR count). The van der Waals surface area contributed by atoms with Gasteiger partial charge in [-0.1, -0.05) is 28.1 Å². The van der Waals surface area contributed by atoms with E-state index in [-0.39, 0.29) is 0 Å². The van der Waals surface area contributed by atoms with Crippen LogP contribution in [0.2, 0.25) is 0 Å². The molecule has 3 aromatic rings. The molecule has 0 bridgehead atoms. The van der Waals surface area contributed by atoms with Crippen LogP contribution < -0.4 is 0 Å². The molecule has 0 aliphatic carbocycles. The lowest BCUT2D eigenvalue weighted by molar-refractivity contribution is 0.628. The summed E-state index contributed by atoms with van der Waals surface area (Å²) in [4.78, 5) is 3.01. The Kier molecular flexibility index (Phi) is 2.97. The van der Waals surface area contributed by atoms with Crippen molar-refractivity contribution in [2.75, 3.05) is 0 Å². The maximum atomic E-state index is 8.86. The average molecular weight is 331 g/mol. The summed E-state index contributed by atoms with van der Waals surface area (Å²) in [6, 6.07) is 13.3. The summed E-state index contributed by atoms with van der Waals surface area (Å²) in [5.74, 6) is 0.698. The normalized spacial score (nSPS) is 10.5. The van der Waals surface area contributed by atoms with Gasteiger partial charge in [0, 0.05) is 9.86 Å². The minimum Gasteiger partial charge on any atom is -0.455 e. The zero-order chi connectivity index (χ0) is 13.4. The van der Waals surface area contributed by atoms with E-state index in [0.29, 0.717) is 16.0 Å². The van der Waals surface area contributed by atoms with Gasteiger partial charge in [-0.15, -0.1) is 0 Å². The van der Waals surface area contributed by atoms with Crippen LogP contribution in [0.15, 0.2) is 45.3 Å². The lowest BCUT2D eigenvalue weighted by atomic mass is 10.2. The highest BCUT2D eigenvalue weighted by atomic mass is 79.9. The summed E-state index contributed by atoms with van der Waals surface area (Å²) in [7, 11) is 0. The molecule has 92 valence electrons. The number of pyridine rings is 1. The van der Waals surface area contributed by atoms with E-state index >= 15 is 0 Å². The summed E-state index contributed by atoms with van der Waals surface area (Å²) < 4.78 is 7.17. The maximum absolute atomic E-state index is 8.86. The number of benzene rings is 1. The fourth-order valence-corrected chi connectivity index (χ4v) is 2.45. The molecule has 0 fully saturated rings. The standard InChI is InChI=1S/C14H7BrN2OS/c15-10-2-4-12-9(5-10)6-13(18-12)11-3-1-8(7-16)14(19)17-11/h1-6H,(H,17,19). The molecule has 1 aromatic carbocycles. The van der Waals surface area contributed by atoms with Gasteiger partial charge in [0.15, 0.2) is 5.76 Å². The Hall–Kier alpha value is -1.90. The highest BCUT2D eigenvalue weighted by Gasteiger charge is 2.07. The second-order valence-corrected chi connectivity index (χ2v) is 5.34. The molecule has 0 saturated heterocycles. The number of aromatic amines is 1. The van der Waals surface area contributed by atoms with Crippen molar-refractivity contribution in [1.29, 1.82) is 5.26 Å². The Labute approximate surface area is 122 Å². The lowest BCUT2D eigenvalue weighted by Crippen LogP contribution is -1.85. The highest BCUT2D eigenvalue weighted by molar-refractivity contribution is 9.10. The first-order chi connectivity index (χ1) is 9.17. The van der Waals surface area contributed by atoms with Crippen molar-refractivity contribution in [3.8, 4) is 17.5 Å². The molecule has 0 atom stereocenters. The van der Waals surface area contributed by atoms with E-state index in [0.717, 1.165) is 21.1 Å². The number of nitrogens with one attached hydrogen (secondary N) is 1. The second-order valence-electron chi connectivity index (χ2n) is 4.02. The van der Waals surface area contributed by atoms with Crippen molar-refractivity contribution in [3.63, 3.8) is 0 Å². The van der Waals surface area contributed by atoms with Crippen LogP contribution in [0.3, 0.4) is 0 Å². The Morgan fingerprint density at radius 1 is 1.21 bits per heavy atom. The molecule has 0 aliphatic rings. The third-order valence-electron chi connectivity index (χ3n) is 2.77. The summed E-state index contributed by atoms with van der Waals surface area (Å²) >= 11 is 8.54. The first kappa shape index (κ1) is 12.2. The van der Waals surface area contributed by atoms with Gasteiger partial charge in [0.2, 0.25) is 0 Å². The van der Waals surface area contributed by atoms with E-state index in [4.69, 9.17) is 21.9 Å². The summed E-state index contributed by atoms with van der Waals surface area (Å²) in [6.45, 7) is 0. The third-order valence-corrected chi connectivity index (χ3v) is 3.59. The van der Waals surface area contributed by atoms with E-state index in [1.165, 1.54) is 0 Å². The quantitative estimate of drug-likeness (QED) is 0.652. The number of nitriles is 1. The van der Waals surface area contributed by atoms with Crippen LogP contribution in [0.25, 0.3) is 22.4 Å². The number of nitrogens with zero attached hydrogens (tertiary/aromatic N) is 1. The molecule has 1 N–H and O–H groups in total. The van der Waals surface area contributed by atoms with Gasteiger partial charge in [-0.3, -0.25) is 0 Å². The van der Waals surface area contributed by atoms with Crippen LogP contribution in [-0.4, -0.2) is 4.98 Å². The number of H-pyrrole nitrogens is 1. The fraction of sp³-hybridized carbons (Fsp3) is 0. The average Bonchev–Trinajstić information content (AvgIpc) is 2.81. The number of furan rings is 1. The SMILES string of the molecule is N#Cc1ccc(-c2cc3cc(Br)ccc3o2)[nH]c1=S. The van der Waals surface area contributed by atoms with Crippen molar-refractivity contribution in [1.82, 2.24) is 4.98 Å². The van der Waals surface area contributed by atoms with Gasteiger partial charge in [-0.25, -0.2) is 0 Å². The van der Waals surface area contributed by atoms with Crippen molar-refractivity contribution in [2.45, 2.75) is 0 Å². The molecule has 0 unspecified atom stereocenters. The molecule has 19 heavy (non-hydrogen) atoms. The predicted molar refractivity (Wildman–Crippen MR) is 79.2 cm³/mol. The number of hydrogen-bond acceptors (Lipinski definition) is 3. The molecule has 0 spiro atoms. The lowest BCUT2D eigenvalue weighted by Gasteiger charge is -1.97. The van der Waals surface area contributed by atoms with E-state index in [1.54, 1.807) is 12.1 Å². The summed E-state index contributed by atoms with van der Waals surface area (Å²) in [6.07, 6.45) is 0. The molecule has 0 amide bonds.